The first kappa shape index (κ1) is 32.4. The van der Waals surface area contributed by atoms with E-state index >= 15 is 0 Å². The quantitative estimate of drug-likeness (QED) is 0.184. The molecular weight excluding hydrogens is 642 g/mol. The van der Waals surface area contributed by atoms with Crippen molar-refractivity contribution in [2.24, 2.45) is 0 Å². The van der Waals surface area contributed by atoms with Crippen molar-refractivity contribution in [2.75, 3.05) is 50.7 Å². The topological polar surface area (TPSA) is 108 Å². The van der Waals surface area contributed by atoms with Crippen LogP contribution in [0.1, 0.15) is 15.9 Å². The van der Waals surface area contributed by atoms with E-state index in [-0.39, 0.29) is 10.8 Å². The van der Waals surface area contributed by atoms with Gasteiger partial charge in [0.2, 0.25) is 0 Å². The number of aryl methyl sites for hydroxylation is 1. The van der Waals surface area contributed by atoms with Gasteiger partial charge in [-0.2, -0.15) is 0 Å². The van der Waals surface area contributed by atoms with Crippen LogP contribution in [0, 0.1) is 12.7 Å². The van der Waals surface area contributed by atoms with Gasteiger partial charge in [0.15, 0.2) is 0 Å². The average Bonchev–Trinajstić information content (AvgIpc) is 3.50. The van der Waals surface area contributed by atoms with Gasteiger partial charge in [0, 0.05) is 72.4 Å². The van der Waals surface area contributed by atoms with Crippen LogP contribution in [0.5, 0.6) is 0 Å². The molecule has 7 rings (SSSR count). The Bertz CT molecular complexity index is 2270. The molecule has 1 aliphatic heterocycles. The number of nitrogens with one attached hydrogen (secondary N) is 2. The number of pyridine rings is 1. The monoisotopic (exact) mass is 677 g/mol. The number of carbonyl (C=O) groups is 1. The molecule has 0 aliphatic carbocycles. The number of rotatable bonds is 9. The van der Waals surface area contributed by atoms with Crippen LogP contribution in [0.2, 0.25) is 0 Å². The van der Waals surface area contributed by atoms with Gasteiger partial charge in [0.1, 0.15) is 11.5 Å². The summed E-state index contributed by atoms with van der Waals surface area (Å²) in [6, 6.07) is 26.6. The van der Waals surface area contributed by atoms with E-state index in [1.807, 2.05) is 72.9 Å². The number of halogens is 1. The lowest BCUT2D eigenvalue weighted by molar-refractivity contribution is 0.0383. The van der Waals surface area contributed by atoms with Crippen LogP contribution in [-0.2, 0) is 14.8 Å². The van der Waals surface area contributed by atoms with E-state index in [2.05, 4.69) is 15.2 Å². The molecule has 0 atom stereocenters. The summed E-state index contributed by atoms with van der Waals surface area (Å²) in [7, 11) is -2.59. The number of H-pyrrole nitrogens is 1. The Hall–Kier alpha value is -5.10. The number of fused-ring (bicyclic) bond motifs is 3. The van der Waals surface area contributed by atoms with Gasteiger partial charge in [-0.3, -0.25) is 14.0 Å². The van der Waals surface area contributed by atoms with Gasteiger partial charge in [0.05, 0.1) is 23.8 Å². The van der Waals surface area contributed by atoms with Gasteiger partial charge in [-0.15, -0.1) is 0 Å². The van der Waals surface area contributed by atoms with E-state index in [4.69, 9.17) is 9.72 Å². The molecule has 0 unspecified atom stereocenters. The van der Waals surface area contributed by atoms with Crippen molar-refractivity contribution in [3.8, 4) is 22.3 Å². The maximum Gasteiger partial charge on any atom is 0.264 e. The lowest BCUT2D eigenvalue weighted by atomic mass is 9.92. The predicted molar refractivity (Wildman–Crippen MR) is 191 cm³/mol. The van der Waals surface area contributed by atoms with E-state index < -0.39 is 15.8 Å². The van der Waals surface area contributed by atoms with Crippen LogP contribution in [0.3, 0.4) is 0 Å². The second-order valence-corrected chi connectivity index (χ2v) is 14.1. The summed E-state index contributed by atoms with van der Waals surface area (Å²) < 4.78 is 48.1. The van der Waals surface area contributed by atoms with Crippen LogP contribution < -0.4 is 9.62 Å². The number of amides is 1. The third kappa shape index (κ3) is 6.40. The Labute approximate surface area is 284 Å². The summed E-state index contributed by atoms with van der Waals surface area (Å²) in [5.41, 5.74) is 6.50. The highest BCUT2D eigenvalue weighted by Crippen LogP contribution is 2.41. The van der Waals surface area contributed by atoms with Crippen molar-refractivity contribution < 1.29 is 22.3 Å². The fraction of sp³-hybridized carbons (Fsp3) is 0.211. The van der Waals surface area contributed by atoms with Crippen LogP contribution in [-0.4, -0.2) is 75.6 Å². The number of ether oxygens (including phenoxy) is 1. The van der Waals surface area contributed by atoms with Crippen molar-refractivity contribution in [3.05, 3.63) is 114 Å². The smallest absolute Gasteiger partial charge is 0.264 e. The second kappa shape index (κ2) is 13.4. The number of hydrogen-bond donors (Lipinski definition) is 2. The minimum atomic E-state index is -4.06. The van der Waals surface area contributed by atoms with Gasteiger partial charge >= 0.3 is 0 Å². The molecule has 0 saturated carbocycles. The highest BCUT2D eigenvalue weighted by Gasteiger charge is 2.25. The Morgan fingerprint density at radius 3 is 2.49 bits per heavy atom. The highest BCUT2D eigenvalue weighted by molar-refractivity contribution is 7.92. The van der Waals surface area contributed by atoms with Crippen molar-refractivity contribution >= 4 is 43.6 Å². The van der Waals surface area contributed by atoms with Gasteiger partial charge < -0.3 is 15.0 Å². The molecule has 4 aromatic carbocycles. The summed E-state index contributed by atoms with van der Waals surface area (Å²) in [6.07, 6.45) is 1.82. The summed E-state index contributed by atoms with van der Waals surface area (Å²) in [4.78, 5) is 23.3. The van der Waals surface area contributed by atoms with Crippen LogP contribution >= 0.6 is 0 Å². The number of nitrogens with zero attached hydrogens (tertiary/aromatic N) is 3. The summed E-state index contributed by atoms with van der Waals surface area (Å²) >= 11 is 0. The highest BCUT2D eigenvalue weighted by atomic mass is 32.2. The number of hydrogen-bond acceptors (Lipinski definition) is 6. The number of morpholine rings is 1. The summed E-state index contributed by atoms with van der Waals surface area (Å²) in [6.45, 7) is 6.15. The molecule has 1 saturated heterocycles. The predicted octanol–water partition coefficient (Wildman–Crippen LogP) is 6.38. The van der Waals surface area contributed by atoms with Gasteiger partial charge in [0.25, 0.3) is 15.9 Å². The average molecular weight is 678 g/mol. The molecule has 1 aliphatic rings. The molecular formula is C38H36FN5O4S. The molecule has 0 spiro atoms. The molecule has 0 bridgehead atoms. The first-order chi connectivity index (χ1) is 23.7. The summed E-state index contributed by atoms with van der Waals surface area (Å²) in [5.74, 6) is -0.749. The maximum absolute atomic E-state index is 14.1. The van der Waals surface area contributed by atoms with Crippen LogP contribution in [0.4, 0.5) is 10.1 Å². The minimum absolute atomic E-state index is 0.0859. The van der Waals surface area contributed by atoms with E-state index in [0.29, 0.717) is 29.0 Å². The van der Waals surface area contributed by atoms with Crippen LogP contribution in [0.25, 0.3) is 44.2 Å². The van der Waals surface area contributed by atoms with Crippen molar-refractivity contribution in [3.63, 3.8) is 0 Å². The Kier molecular flexibility index (Phi) is 8.89. The zero-order valence-corrected chi connectivity index (χ0v) is 28.1. The number of benzene rings is 4. The Balaban J connectivity index is 1.26. The third-order valence-electron chi connectivity index (χ3n) is 9.09. The Morgan fingerprint density at radius 2 is 1.73 bits per heavy atom. The van der Waals surface area contributed by atoms with Gasteiger partial charge in [-0.25, -0.2) is 17.8 Å². The van der Waals surface area contributed by atoms with Crippen molar-refractivity contribution in [1.82, 2.24) is 20.2 Å². The largest absolute Gasteiger partial charge is 0.379 e. The second-order valence-electron chi connectivity index (χ2n) is 12.2. The van der Waals surface area contributed by atoms with Crippen molar-refractivity contribution in [2.45, 2.75) is 11.8 Å². The maximum atomic E-state index is 14.1. The van der Waals surface area contributed by atoms with Gasteiger partial charge in [-0.05, 0) is 66.1 Å². The number of anilines is 1. The third-order valence-corrected chi connectivity index (χ3v) is 11.0. The normalized spacial score (nSPS) is 13.9. The zero-order valence-electron chi connectivity index (χ0n) is 27.2. The lowest BCUT2D eigenvalue weighted by Gasteiger charge is -2.26. The molecule has 250 valence electrons. The SMILES string of the molecule is Cc1ccc(F)cc1S(=O)(=O)N(C)c1ccc2[nH]c3ncc(-c4ccc(C(=O)NCCN5CCOCC5)cc4)c(-c4ccccc4)c3c2c1. The molecule has 1 amide bonds. The zero-order chi connectivity index (χ0) is 34.1. The molecule has 2 aromatic heterocycles. The molecule has 6 aromatic rings. The first-order valence-electron chi connectivity index (χ1n) is 16.1. The molecule has 11 heteroatoms. The lowest BCUT2D eigenvalue weighted by Crippen LogP contribution is -2.41. The van der Waals surface area contributed by atoms with Crippen molar-refractivity contribution in [1.29, 1.82) is 0 Å². The fourth-order valence-electron chi connectivity index (χ4n) is 6.36. The Morgan fingerprint density at radius 1 is 0.980 bits per heavy atom. The minimum Gasteiger partial charge on any atom is -0.379 e. The van der Waals surface area contributed by atoms with E-state index in [1.165, 1.54) is 23.5 Å². The van der Waals surface area contributed by atoms with Crippen LogP contribution in [0.15, 0.2) is 102 Å². The number of aromatic amines is 1. The standard InChI is InChI=1S/C38H36FN5O4S/c1-25-8-13-29(39)22-34(25)49(46,47)43(2)30-14-15-33-31(23-30)36-35(27-6-4-3-5-7-27)32(24-41-37(36)42-33)26-9-11-28(12-10-26)38(45)40-16-17-44-18-20-48-21-19-44/h3-15,22-24H,16-21H2,1-2H3,(H,40,45)(H,41,42). The summed E-state index contributed by atoms with van der Waals surface area (Å²) in [5, 5.41) is 4.64. The number of carbonyl (C=O) groups excluding carboxylic acids is 1. The first-order valence-corrected chi connectivity index (χ1v) is 17.6. The molecule has 1 fully saturated rings. The van der Waals surface area contributed by atoms with E-state index in [1.54, 1.807) is 13.0 Å². The van der Waals surface area contributed by atoms with E-state index in [9.17, 15) is 17.6 Å². The number of sulfonamides is 1. The molecule has 2 N–H and O–H groups in total. The molecule has 3 heterocycles. The number of aromatic nitrogens is 2. The molecule has 49 heavy (non-hydrogen) atoms. The van der Waals surface area contributed by atoms with E-state index in [0.717, 1.165) is 77.5 Å². The molecule has 0 radical (unpaired) electrons. The molecule has 9 nitrogen and oxygen atoms in total. The van der Waals surface area contributed by atoms with Gasteiger partial charge in [-0.1, -0.05) is 48.5 Å². The fourth-order valence-corrected chi connectivity index (χ4v) is 7.78.